The van der Waals surface area contributed by atoms with E-state index >= 15 is 0 Å². The van der Waals surface area contributed by atoms with Crippen molar-refractivity contribution in [2.45, 2.75) is 6.92 Å². The van der Waals surface area contributed by atoms with Crippen LogP contribution in [0.3, 0.4) is 0 Å². The lowest BCUT2D eigenvalue weighted by Gasteiger charge is -2.09. The number of carbonyl (C=O) groups excluding carboxylic acids is 1. The van der Waals surface area contributed by atoms with Gasteiger partial charge < -0.3 is 10.1 Å². The molecule has 0 aliphatic heterocycles. The summed E-state index contributed by atoms with van der Waals surface area (Å²) in [5.41, 5.74) is 2.95. The van der Waals surface area contributed by atoms with Crippen LogP contribution < -0.4 is 10.1 Å². The van der Waals surface area contributed by atoms with E-state index in [1.807, 2.05) is 31.2 Å². The van der Waals surface area contributed by atoms with E-state index in [1.54, 1.807) is 17.8 Å². The fraction of sp³-hybridized carbons (Fsp3) is 0.158. The lowest BCUT2D eigenvalue weighted by atomic mass is 10.1. The number of halogens is 1. The first-order valence-electron chi connectivity index (χ1n) is 7.74. The zero-order chi connectivity index (χ0) is 18.0. The fourth-order valence-electron chi connectivity index (χ4n) is 2.62. The van der Waals surface area contributed by atoms with E-state index in [4.69, 9.17) is 4.74 Å². The summed E-state index contributed by atoms with van der Waals surface area (Å²) >= 11 is 0. The number of rotatable bonds is 4. The van der Waals surface area contributed by atoms with Crippen molar-refractivity contribution in [3.05, 3.63) is 65.5 Å². The van der Waals surface area contributed by atoms with Gasteiger partial charge in [-0.05, 0) is 30.7 Å². The van der Waals surface area contributed by atoms with Gasteiger partial charge in [0.25, 0.3) is 5.91 Å². The predicted octanol–water partition coefficient (Wildman–Crippen LogP) is 3.80. The molecule has 1 amide bonds. The van der Waals surface area contributed by atoms with Crippen LogP contribution in [0.4, 0.5) is 10.2 Å². The Morgan fingerprint density at radius 1 is 1.20 bits per heavy atom. The van der Waals surface area contributed by atoms with Crippen molar-refractivity contribution in [2.75, 3.05) is 12.4 Å². The quantitative estimate of drug-likeness (QED) is 0.787. The molecule has 1 heterocycles. The van der Waals surface area contributed by atoms with Gasteiger partial charge >= 0.3 is 0 Å². The van der Waals surface area contributed by atoms with Crippen LogP contribution >= 0.6 is 0 Å². The number of aryl methyl sites for hydroxylation is 2. The van der Waals surface area contributed by atoms with Gasteiger partial charge in [-0.15, -0.1) is 0 Å². The Morgan fingerprint density at radius 3 is 2.68 bits per heavy atom. The number of amides is 1. The number of nitrogens with zero attached hydrogens (tertiary/aromatic N) is 2. The summed E-state index contributed by atoms with van der Waals surface area (Å²) in [6.45, 7) is 2.00. The molecule has 0 spiro atoms. The van der Waals surface area contributed by atoms with Crippen LogP contribution in [-0.2, 0) is 7.05 Å². The smallest absolute Gasteiger partial charge is 0.260 e. The number of benzene rings is 2. The molecule has 0 bridgehead atoms. The summed E-state index contributed by atoms with van der Waals surface area (Å²) in [6.07, 6.45) is 0. The topological polar surface area (TPSA) is 56.1 Å². The Labute approximate surface area is 145 Å². The Bertz CT molecular complexity index is 934. The van der Waals surface area contributed by atoms with Crippen LogP contribution in [-0.4, -0.2) is 22.8 Å². The second-order valence-electron chi connectivity index (χ2n) is 5.65. The van der Waals surface area contributed by atoms with E-state index in [1.165, 1.54) is 19.2 Å². The number of carbonyl (C=O) groups is 1. The lowest BCUT2D eigenvalue weighted by Crippen LogP contribution is -2.15. The Hall–Kier alpha value is -3.15. The predicted molar refractivity (Wildman–Crippen MR) is 94.3 cm³/mol. The van der Waals surface area contributed by atoms with Crippen molar-refractivity contribution < 1.29 is 13.9 Å². The number of hydrogen-bond acceptors (Lipinski definition) is 3. The van der Waals surface area contributed by atoms with Gasteiger partial charge in [-0.25, -0.2) is 4.39 Å². The van der Waals surface area contributed by atoms with Crippen LogP contribution in [0.2, 0.25) is 0 Å². The van der Waals surface area contributed by atoms with Crippen molar-refractivity contribution in [2.24, 2.45) is 7.05 Å². The minimum absolute atomic E-state index is 0.126. The van der Waals surface area contributed by atoms with E-state index in [9.17, 15) is 9.18 Å². The minimum Gasteiger partial charge on any atom is -0.496 e. The Kier molecular flexibility index (Phi) is 4.52. The largest absolute Gasteiger partial charge is 0.496 e. The van der Waals surface area contributed by atoms with Gasteiger partial charge in [-0.1, -0.05) is 24.3 Å². The molecular formula is C19H18FN3O2. The lowest BCUT2D eigenvalue weighted by molar-refractivity contribution is 0.102. The fourth-order valence-corrected chi connectivity index (χ4v) is 2.62. The third-order valence-corrected chi connectivity index (χ3v) is 3.95. The number of anilines is 1. The molecule has 5 nitrogen and oxygen atoms in total. The molecule has 0 saturated heterocycles. The maximum absolute atomic E-state index is 13.5. The monoisotopic (exact) mass is 339 g/mol. The molecular weight excluding hydrogens is 321 g/mol. The zero-order valence-electron chi connectivity index (χ0n) is 14.2. The third kappa shape index (κ3) is 3.38. The van der Waals surface area contributed by atoms with Gasteiger partial charge in [0.15, 0.2) is 0 Å². The summed E-state index contributed by atoms with van der Waals surface area (Å²) in [7, 11) is 3.17. The summed E-state index contributed by atoms with van der Waals surface area (Å²) in [6, 6.07) is 13.5. The molecule has 25 heavy (non-hydrogen) atoms. The summed E-state index contributed by atoms with van der Waals surface area (Å²) in [5, 5.41) is 7.20. The molecule has 128 valence electrons. The van der Waals surface area contributed by atoms with E-state index in [2.05, 4.69) is 10.4 Å². The first-order chi connectivity index (χ1) is 12.0. The molecule has 2 aromatic carbocycles. The molecule has 6 heteroatoms. The number of ether oxygens (including phenoxy) is 1. The van der Waals surface area contributed by atoms with Crippen molar-refractivity contribution in [1.29, 1.82) is 0 Å². The highest BCUT2D eigenvalue weighted by Gasteiger charge is 2.16. The highest BCUT2D eigenvalue weighted by Crippen LogP contribution is 2.26. The average Bonchev–Trinajstić information content (AvgIpc) is 2.95. The first-order valence-corrected chi connectivity index (χ1v) is 7.74. The molecule has 0 unspecified atom stereocenters. The third-order valence-electron chi connectivity index (χ3n) is 3.95. The Balaban J connectivity index is 1.91. The minimum atomic E-state index is -0.503. The van der Waals surface area contributed by atoms with E-state index in [0.717, 1.165) is 22.9 Å². The molecule has 3 aromatic rings. The van der Waals surface area contributed by atoms with Crippen molar-refractivity contribution in [3.63, 3.8) is 0 Å². The molecule has 3 rings (SSSR count). The highest BCUT2D eigenvalue weighted by atomic mass is 19.1. The van der Waals surface area contributed by atoms with Gasteiger partial charge in [-0.2, -0.15) is 5.10 Å². The maximum Gasteiger partial charge on any atom is 0.260 e. The summed E-state index contributed by atoms with van der Waals surface area (Å²) in [4.78, 5) is 12.5. The van der Waals surface area contributed by atoms with Gasteiger partial charge in [0.05, 0.1) is 18.4 Å². The molecule has 0 radical (unpaired) electrons. The van der Waals surface area contributed by atoms with E-state index in [-0.39, 0.29) is 5.56 Å². The molecule has 0 atom stereocenters. The van der Waals surface area contributed by atoms with Crippen molar-refractivity contribution >= 4 is 11.7 Å². The van der Waals surface area contributed by atoms with Gasteiger partial charge in [-0.3, -0.25) is 9.48 Å². The zero-order valence-corrected chi connectivity index (χ0v) is 14.2. The molecule has 0 aliphatic carbocycles. The van der Waals surface area contributed by atoms with Crippen LogP contribution in [0.25, 0.3) is 11.3 Å². The Morgan fingerprint density at radius 2 is 1.96 bits per heavy atom. The number of methoxy groups -OCH3 is 1. The van der Waals surface area contributed by atoms with Crippen LogP contribution in [0, 0.1) is 12.7 Å². The SMILES string of the molecule is COc1ccc(F)cc1C(=O)Nc1cc(-c2ccccc2C)nn1C. The summed E-state index contributed by atoms with van der Waals surface area (Å²) < 4.78 is 20.2. The van der Waals surface area contributed by atoms with E-state index in [0.29, 0.717) is 11.6 Å². The number of nitrogens with one attached hydrogen (secondary N) is 1. The van der Waals surface area contributed by atoms with Gasteiger partial charge in [0.2, 0.25) is 0 Å². The van der Waals surface area contributed by atoms with Crippen LogP contribution in [0.15, 0.2) is 48.5 Å². The maximum atomic E-state index is 13.5. The van der Waals surface area contributed by atoms with E-state index < -0.39 is 11.7 Å². The van der Waals surface area contributed by atoms with Crippen LogP contribution in [0.5, 0.6) is 5.75 Å². The first kappa shape index (κ1) is 16.7. The molecule has 1 aromatic heterocycles. The molecule has 1 N–H and O–H groups in total. The second-order valence-corrected chi connectivity index (χ2v) is 5.65. The number of aromatic nitrogens is 2. The number of hydrogen-bond donors (Lipinski definition) is 1. The van der Waals surface area contributed by atoms with Crippen molar-refractivity contribution in [1.82, 2.24) is 9.78 Å². The van der Waals surface area contributed by atoms with Gasteiger partial charge in [0.1, 0.15) is 17.4 Å². The average molecular weight is 339 g/mol. The molecule has 0 aliphatic rings. The van der Waals surface area contributed by atoms with Gasteiger partial charge in [0, 0.05) is 18.7 Å². The standard InChI is InChI=1S/C19H18FN3O2/c1-12-6-4-5-7-14(12)16-11-18(23(2)22-16)21-19(24)15-10-13(20)8-9-17(15)25-3/h4-11H,1-3H3,(H,21,24). The highest BCUT2D eigenvalue weighted by molar-refractivity contribution is 6.06. The summed E-state index contributed by atoms with van der Waals surface area (Å²) in [5.74, 6) is -0.151. The normalized spacial score (nSPS) is 10.6. The molecule has 0 saturated carbocycles. The van der Waals surface area contributed by atoms with Crippen molar-refractivity contribution in [3.8, 4) is 17.0 Å². The second kappa shape index (κ2) is 6.76. The molecule has 0 fully saturated rings. The van der Waals surface area contributed by atoms with Crippen LogP contribution in [0.1, 0.15) is 15.9 Å².